The second-order valence-corrected chi connectivity index (χ2v) is 6.71. The number of nitrogens with one attached hydrogen (secondary N) is 1. The first-order valence-corrected chi connectivity index (χ1v) is 8.71. The molecule has 22 heavy (non-hydrogen) atoms. The van der Waals surface area contributed by atoms with Gasteiger partial charge in [-0.05, 0) is 36.6 Å². The lowest BCUT2D eigenvalue weighted by atomic mass is 10.1. The number of rotatable bonds is 6. The third-order valence-corrected chi connectivity index (χ3v) is 4.52. The van der Waals surface area contributed by atoms with Crippen LogP contribution in [0.2, 0.25) is 0 Å². The Labute approximate surface area is 131 Å². The average molecular weight is 316 g/mol. The monoisotopic (exact) mass is 316 g/mol. The number of benzene rings is 2. The molecule has 0 amide bonds. The van der Waals surface area contributed by atoms with Crippen molar-refractivity contribution < 1.29 is 8.42 Å². The highest BCUT2D eigenvalue weighted by molar-refractivity contribution is 7.89. The van der Waals surface area contributed by atoms with E-state index in [1.807, 2.05) is 24.3 Å². The lowest BCUT2D eigenvalue weighted by Crippen LogP contribution is -2.19. The molecule has 0 bridgehead atoms. The fourth-order valence-corrected chi connectivity index (χ4v) is 2.92. The van der Waals surface area contributed by atoms with Crippen molar-refractivity contribution in [2.75, 3.05) is 0 Å². The van der Waals surface area contributed by atoms with Crippen LogP contribution in [0, 0.1) is 0 Å². The summed E-state index contributed by atoms with van der Waals surface area (Å²) in [5.41, 5.74) is 2.79. The normalized spacial score (nSPS) is 12.2. The summed E-state index contributed by atoms with van der Waals surface area (Å²) in [6.07, 6.45) is 2.14. The van der Waals surface area contributed by atoms with Gasteiger partial charge in [-0.3, -0.25) is 0 Å². The van der Waals surface area contributed by atoms with E-state index in [4.69, 9.17) is 0 Å². The maximum atomic E-state index is 12.1. The molecule has 0 aliphatic rings. The molecule has 5 heteroatoms. The summed E-state index contributed by atoms with van der Waals surface area (Å²) in [7, 11) is -3.62. The molecule has 0 unspecified atom stereocenters. The summed E-state index contributed by atoms with van der Waals surface area (Å²) >= 11 is 0. The van der Waals surface area contributed by atoms with Crippen LogP contribution in [-0.2, 0) is 16.4 Å². The van der Waals surface area contributed by atoms with E-state index >= 15 is 0 Å². The molecule has 0 saturated carbocycles. The van der Waals surface area contributed by atoms with Gasteiger partial charge in [0.25, 0.3) is 10.0 Å². The third-order valence-electron chi connectivity index (χ3n) is 3.30. The van der Waals surface area contributed by atoms with Gasteiger partial charge in [0.1, 0.15) is 0 Å². The lowest BCUT2D eigenvalue weighted by molar-refractivity contribution is 0.584. The molecule has 0 aromatic heterocycles. The van der Waals surface area contributed by atoms with Gasteiger partial charge in [-0.15, -0.1) is 0 Å². The van der Waals surface area contributed by atoms with Gasteiger partial charge >= 0.3 is 0 Å². The van der Waals surface area contributed by atoms with Crippen LogP contribution < -0.4 is 4.83 Å². The van der Waals surface area contributed by atoms with E-state index < -0.39 is 10.0 Å². The van der Waals surface area contributed by atoms with Crippen molar-refractivity contribution >= 4 is 15.7 Å². The highest BCUT2D eigenvalue weighted by Gasteiger charge is 2.11. The molecule has 0 radical (unpaired) electrons. The van der Waals surface area contributed by atoms with Crippen LogP contribution >= 0.6 is 0 Å². The molecule has 0 fully saturated rings. The minimum Gasteiger partial charge on any atom is -0.200 e. The molecular weight excluding hydrogens is 296 g/mol. The zero-order chi connectivity index (χ0) is 16.0. The minimum absolute atomic E-state index is 0.199. The number of hydrazone groups is 1. The lowest BCUT2D eigenvalue weighted by Gasteiger charge is -2.06. The Morgan fingerprint density at radius 2 is 1.68 bits per heavy atom. The van der Waals surface area contributed by atoms with Gasteiger partial charge in [-0.25, -0.2) is 0 Å². The van der Waals surface area contributed by atoms with Gasteiger partial charge in [0, 0.05) is 0 Å². The smallest absolute Gasteiger partial charge is 0.200 e. The fourth-order valence-electron chi connectivity index (χ4n) is 2.05. The van der Waals surface area contributed by atoms with Crippen LogP contribution in [0.15, 0.2) is 64.6 Å². The molecule has 4 nitrogen and oxygen atoms in total. The van der Waals surface area contributed by atoms with Gasteiger partial charge < -0.3 is 0 Å². The Hall–Kier alpha value is -2.14. The summed E-state index contributed by atoms with van der Waals surface area (Å²) in [5, 5.41) is 4.00. The number of hydrogen-bond acceptors (Lipinski definition) is 3. The van der Waals surface area contributed by atoms with Gasteiger partial charge in [0.05, 0.1) is 10.6 Å². The molecule has 2 aromatic carbocycles. The topological polar surface area (TPSA) is 58.5 Å². The zero-order valence-corrected chi connectivity index (χ0v) is 13.6. The highest BCUT2D eigenvalue weighted by atomic mass is 32.2. The second-order valence-electron chi connectivity index (χ2n) is 5.05. The summed E-state index contributed by atoms with van der Waals surface area (Å²) in [6.45, 7) is 3.92. The van der Waals surface area contributed by atoms with E-state index in [1.165, 1.54) is 17.7 Å². The summed E-state index contributed by atoms with van der Waals surface area (Å²) in [5.74, 6) is 0. The molecule has 1 N–H and O–H groups in total. The van der Waals surface area contributed by atoms with Crippen molar-refractivity contribution in [2.45, 2.75) is 31.6 Å². The Balaban J connectivity index is 2.12. The van der Waals surface area contributed by atoms with Crippen LogP contribution in [0.25, 0.3) is 0 Å². The molecule has 0 aliphatic carbocycles. The molecule has 0 atom stereocenters. The predicted octanol–water partition coefficient (Wildman–Crippen LogP) is 3.34. The standard InChI is InChI=1S/C17H20N2O2S/c1-3-7-15-10-12-16(13-11-15)14(2)18-19-22(20,21)17-8-5-4-6-9-17/h4-6,8-13,19H,3,7H2,1-2H3/b18-14-. The van der Waals surface area contributed by atoms with Gasteiger partial charge in [0.15, 0.2) is 0 Å². The van der Waals surface area contributed by atoms with Crippen molar-refractivity contribution in [3.8, 4) is 0 Å². The summed E-state index contributed by atoms with van der Waals surface area (Å²) < 4.78 is 24.2. The third kappa shape index (κ3) is 4.18. The number of hydrogen-bond donors (Lipinski definition) is 1. The van der Waals surface area contributed by atoms with Crippen LogP contribution in [0.1, 0.15) is 31.4 Å². The van der Waals surface area contributed by atoms with Gasteiger partial charge in [-0.2, -0.15) is 18.4 Å². The Kier molecular flexibility index (Phi) is 5.33. The van der Waals surface area contributed by atoms with Crippen molar-refractivity contribution in [1.29, 1.82) is 0 Å². The number of nitrogens with zero attached hydrogens (tertiary/aromatic N) is 1. The van der Waals surface area contributed by atoms with E-state index in [9.17, 15) is 8.42 Å². The van der Waals surface area contributed by atoms with Crippen molar-refractivity contribution in [2.24, 2.45) is 5.10 Å². The molecule has 0 saturated heterocycles. The molecule has 0 aliphatic heterocycles. The molecule has 116 valence electrons. The predicted molar refractivity (Wildman–Crippen MR) is 89.4 cm³/mol. The molecule has 0 heterocycles. The Morgan fingerprint density at radius 1 is 1.05 bits per heavy atom. The van der Waals surface area contributed by atoms with E-state index in [-0.39, 0.29) is 4.90 Å². The van der Waals surface area contributed by atoms with Crippen molar-refractivity contribution in [3.63, 3.8) is 0 Å². The molecular formula is C17H20N2O2S. The van der Waals surface area contributed by atoms with E-state index in [0.29, 0.717) is 5.71 Å². The Morgan fingerprint density at radius 3 is 2.27 bits per heavy atom. The summed E-state index contributed by atoms with van der Waals surface area (Å²) in [4.78, 5) is 2.47. The van der Waals surface area contributed by atoms with Crippen LogP contribution in [0.4, 0.5) is 0 Å². The summed E-state index contributed by atoms with van der Waals surface area (Å²) in [6, 6.07) is 16.2. The van der Waals surface area contributed by atoms with Crippen molar-refractivity contribution in [3.05, 3.63) is 65.7 Å². The van der Waals surface area contributed by atoms with Crippen molar-refractivity contribution in [1.82, 2.24) is 4.83 Å². The average Bonchev–Trinajstić information content (AvgIpc) is 2.54. The molecule has 0 spiro atoms. The molecule has 2 aromatic rings. The number of aryl methyl sites for hydroxylation is 1. The second kappa shape index (κ2) is 7.22. The maximum absolute atomic E-state index is 12.1. The minimum atomic E-state index is -3.62. The fraction of sp³-hybridized carbons (Fsp3) is 0.235. The van der Waals surface area contributed by atoms with Gasteiger partial charge in [-0.1, -0.05) is 55.8 Å². The zero-order valence-electron chi connectivity index (χ0n) is 12.8. The van der Waals surface area contributed by atoms with Crippen LogP contribution in [0.3, 0.4) is 0 Å². The SMILES string of the molecule is CCCc1ccc(/C(C)=N\NS(=O)(=O)c2ccccc2)cc1. The number of sulfonamides is 1. The first kappa shape index (κ1) is 16.2. The first-order valence-electron chi connectivity index (χ1n) is 7.23. The molecule has 2 rings (SSSR count). The first-order chi connectivity index (χ1) is 10.5. The largest absolute Gasteiger partial charge is 0.276 e. The van der Waals surface area contributed by atoms with Gasteiger partial charge in [0.2, 0.25) is 0 Å². The van der Waals surface area contributed by atoms with Crippen LogP contribution in [0.5, 0.6) is 0 Å². The van der Waals surface area contributed by atoms with E-state index in [0.717, 1.165) is 18.4 Å². The van der Waals surface area contributed by atoms with Crippen LogP contribution in [-0.4, -0.2) is 14.1 Å². The maximum Gasteiger partial charge on any atom is 0.276 e. The quantitative estimate of drug-likeness (QED) is 0.656. The van der Waals surface area contributed by atoms with E-state index in [2.05, 4.69) is 16.9 Å². The Bertz CT molecular complexity index is 736. The highest BCUT2D eigenvalue weighted by Crippen LogP contribution is 2.09. The van der Waals surface area contributed by atoms with E-state index in [1.54, 1.807) is 25.1 Å².